The van der Waals surface area contributed by atoms with E-state index in [9.17, 15) is 8.78 Å². The minimum absolute atomic E-state index is 0.00731. The molecular weight excluding hydrogens is 240 g/mol. The fraction of sp³-hybridized carbons (Fsp3) is 0.583. The Kier molecular flexibility index (Phi) is 3.96. The van der Waals surface area contributed by atoms with Crippen LogP contribution >= 0.6 is 0 Å². The number of nitrogens with one attached hydrogen (secondary N) is 1. The number of hydrogen-bond donors (Lipinski definition) is 2. The molecule has 1 aromatic rings. The van der Waals surface area contributed by atoms with E-state index in [0.717, 1.165) is 32.1 Å². The highest BCUT2D eigenvalue weighted by molar-refractivity contribution is 5.45. The smallest absolute Gasteiger partial charge is 0.168 e. The molecule has 100 valence electrons. The third-order valence-electron chi connectivity index (χ3n) is 3.29. The van der Waals surface area contributed by atoms with Crippen molar-refractivity contribution in [2.75, 3.05) is 24.3 Å². The summed E-state index contributed by atoms with van der Waals surface area (Å²) in [5.74, 6) is -1.45. The Bertz CT molecular complexity index is 422. The summed E-state index contributed by atoms with van der Waals surface area (Å²) in [5, 5.41) is 2.96. The van der Waals surface area contributed by atoms with Gasteiger partial charge in [-0.15, -0.1) is 0 Å². The molecule has 6 heteroatoms. The molecular formula is C12H17F2N3O. The number of ether oxygens (including phenoxy) is 1. The van der Waals surface area contributed by atoms with Crippen LogP contribution in [0.2, 0.25) is 0 Å². The lowest BCUT2D eigenvalue weighted by atomic mass is 9.93. The van der Waals surface area contributed by atoms with Crippen molar-refractivity contribution >= 4 is 11.6 Å². The van der Waals surface area contributed by atoms with Crippen LogP contribution in [0.15, 0.2) is 6.07 Å². The largest absolute Gasteiger partial charge is 0.381 e. The van der Waals surface area contributed by atoms with Gasteiger partial charge >= 0.3 is 0 Å². The van der Waals surface area contributed by atoms with Crippen molar-refractivity contribution in [3.8, 4) is 0 Å². The average molecular weight is 257 g/mol. The first kappa shape index (κ1) is 13.0. The van der Waals surface area contributed by atoms with Crippen molar-refractivity contribution in [3.63, 3.8) is 0 Å². The zero-order valence-electron chi connectivity index (χ0n) is 10.2. The number of pyridine rings is 1. The third-order valence-corrected chi connectivity index (χ3v) is 3.29. The van der Waals surface area contributed by atoms with Gasteiger partial charge in [-0.2, -0.15) is 0 Å². The molecule has 0 aromatic carbocycles. The van der Waals surface area contributed by atoms with Crippen molar-refractivity contribution in [1.29, 1.82) is 0 Å². The van der Waals surface area contributed by atoms with E-state index in [-0.39, 0.29) is 17.7 Å². The molecule has 1 aromatic heterocycles. The van der Waals surface area contributed by atoms with E-state index in [1.807, 2.05) is 6.92 Å². The van der Waals surface area contributed by atoms with E-state index in [1.54, 1.807) is 0 Å². The lowest BCUT2D eigenvalue weighted by Gasteiger charge is -2.28. The van der Waals surface area contributed by atoms with Gasteiger partial charge in [0.05, 0.1) is 0 Å². The molecule has 2 heterocycles. The number of nitrogens with two attached hydrogens (primary N) is 1. The standard InChI is InChI=1S/C12H17F2N3O/c1-7(8-2-4-18-5-3-8)16-12-10(14)6-9(13)11(15)17-12/h6-8H,2-5H2,1H3,(H3,15,16,17). The maximum Gasteiger partial charge on any atom is 0.168 e. The molecule has 4 nitrogen and oxygen atoms in total. The van der Waals surface area contributed by atoms with Gasteiger partial charge in [-0.3, -0.25) is 0 Å². The second-order valence-electron chi connectivity index (χ2n) is 4.57. The Morgan fingerprint density at radius 2 is 2.06 bits per heavy atom. The summed E-state index contributed by atoms with van der Waals surface area (Å²) < 4.78 is 31.8. The summed E-state index contributed by atoms with van der Waals surface area (Å²) in [6.07, 6.45) is 1.85. The van der Waals surface area contributed by atoms with Gasteiger partial charge in [-0.25, -0.2) is 13.8 Å². The quantitative estimate of drug-likeness (QED) is 0.871. The Balaban J connectivity index is 2.06. The van der Waals surface area contributed by atoms with Crippen LogP contribution in [0.5, 0.6) is 0 Å². The van der Waals surface area contributed by atoms with Crippen LogP contribution in [0, 0.1) is 17.6 Å². The topological polar surface area (TPSA) is 60.2 Å². The number of aromatic nitrogens is 1. The molecule has 0 spiro atoms. The Morgan fingerprint density at radius 3 is 2.72 bits per heavy atom. The first-order chi connectivity index (χ1) is 8.58. The van der Waals surface area contributed by atoms with Crippen LogP contribution in [0.1, 0.15) is 19.8 Å². The van der Waals surface area contributed by atoms with Gasteiger partial charge in [-0.05, 0) is 25.7 Å². The molecule has 1 aliphatic rings. The molecule has 3 N–H and O–H groups in total. The monoisotopic (exact) mass is 257 g/mol. The molecule has 1 atom stereocenters. The van der Waals surface area contributed by atoms with E-state index >= 15 is 0 Å². The molecule has 0 saturated carbocycles. The maximum atomic E-state index is 13.5. The highest BCUT2D eigenvalue weighted by Gasteiger charge is 2.22. The second kappa shape index (κ2) is 5.48. The molecule has 1 fully saturated rings. The van der Waals surface area contributed by atoms with Gasteiger partial charge in [0.15, 0.2) is 23.3 Å². The third kappa shape index (κ3) is 2.87. The summed E-state index contributed by atoms with van der Waals surface area (Å²) in [7, 11) is 0. The maximum absolute atomic E-state index is 13.5. The number of anilines is 2. The number of rotatable bonds is 3. The SMILES string of the molecule is CC(Nc1nc(N)c(F)cc1F)C1CCOCC1. The molecule has 1 unspecified atom stereocenters. The fourth-order valence-corrected chi connectivity index (χ4v) is 2.13. The number of nitrogen functional groups attached to an aromatic ring is 1. The van der Waals surface area contributed by atoms with Gasteiger partial charge in [0.1, 0.15) is 0 Å². The van der Waals surface area contributed by atoms with Crippen LogP contribution in [-0.4, -0.2) is 24.2 Å². The summed E-state index contributed by atoms with van der Waals surface area (Å²) in [4.78, 5) is 3.69. The molecule has 1 aliphatic heterocycles. The highest BCUT2D eigenvalue weighted by atomic mass is 19.1. The van der Waals surface area contributed by atoms with Crippen LogP contribution < -0.4 is 11.1 Å². The van der Waals surface area contributed by atoms with E-state index in [1.165, 1.54) is 0 Å². The lowest BCUT2D eigenvalue weighted by molar-refractivity contribution is 0.0622. The normalized spacial score (nSPS) is 18.6. The lowest BCUT2D eigenvalue weighted by Crippen LogP contribution is -2.31. The van der Waals surface area contributed by atoms with Crippen molar-refractivity contribution in [2.45, 2.75) is 25.8 Å². The Morgan fingerprint density at radius 1 is 1.39 bits per heavy atom. The van der Waals surface area contributed by atoms with Crippen molar-refractivity contribution < 1.29 is 13.5 Å². The first-order valence-corrected chi connectivity index (χ1v) is 6.03. The molecule has 0 radical (unpaired) electrons. The minimum Gasteiger partial charge on any atom is -0.381 e. The molecule has 2 rings (SSSR count). The van der Waals surface area contributed by atoms with Crippen molar-refractivity contribution in [3.05, 3.63) is 17.7 Å². The van der Waals surface area contributed by atoms with Gasteiger partial charge in [0.2, 0.25) is 0 Å². The van der Waals surface area contributed by atoms with Gasteiger partial charge in [0.25, 0.3) is 0 Å². The summed E-state index contributed by atoms with van der Waals surface area (Å²) in [6.45, 7) is 3.40. The second-order valence-corrected chi connectivity index (χ2v) is 4.57. The van der Waals surface area contributed by atoms with Crippen LogP contribution in [0.25, 0.3) is 0 Å². The Hall–Kier alpha value is -1.43. The van der Waals surface area contributed by atoms with Crippen molar-refractivity contribution in [1.82, 2.24) is 4.98 Å². The average Bonchev–Trinajstić information content (AvgIpc) is 2.37. The summed E-state index contributed by atoms with van der Waals surface area (Å²) in [6, 6.07) is 0.794. The highest BCUT2D eigenvalue weighted by Crippen LogP contribution is 2.23. The van der Waals surface area contributed by atoms with E-state index < -0.39 is 11.6 Å². The minimum atomic E-state index is -0.836. The van der Waals surface area contributed by atoms with Gasteiger partial charge < -0.3 is 15.8 Å². The predicted octanol–water partition coefficient (Wildman–Crippen LogP) is 2.17. The predicted molar refractivity (Wildman–Crippen MR) is 65.2 cm³/mol. The van der Waals surface area contributed by atoms with E-state index in [2.05, 4.69) is 10.3 Å². The fourth-order valence-electron chi connectivity index (χ4n) is 2.13. The number of nitrogens with zero attached hydrogens (tertiary/aromatic N) is 1. The molecule has 18 heavy (non-hydrogen) atoms. The molecule has 1 saturated heterocycles. The summed E-state index contributed by atoms with van der Waals surface area (Å²) in [5.41, 5.74) is 5.33. The first-order valence-electron chi connectivity index (χ1n) is 6.03. The Labute approximate surface area is 105 Å². The van der Waals surface area contributed by atoms with E-state index in [4.69, 9.17) is 10.5 Å². The molecule has 0 amide bonds. The number of hydrogen-bond acceptors (Lipinski definition) is 4. The van der Waals surface area contributed by atoms with Gasteiger partial charge in [-0.1, -0.05) is 0 Å². The molecule has 0 aliphatic carbocycles. The molecule has 0 bridgehead atoms. The van der Waals surface area contributed by atoms with Crippen LogP contribution in [-0.2, 0) is 4.74 Å². The van der Waals surface area contributed by atoms with Crippen LogP contribution in [0.4, 0.5) is 20.4 Å². The van der Waals surface area contributed by atoms with E-state index in [0.29, 0.717) is 5.92 Å². The van der Waals surface area contributed by atoms with Gasteiger partial charge in [0, 0.05) is 25.3 Å². The zero-order valence-corrected chi connectivity index (χ0v) is 10.2. The number of halogens is 2. The summed E-state index contributed by atoms with van der Waals surface area (Å²) >= 11 is 0. The van der Waals surface area contributed by atoms with Crippen molar-refractivity contribution in [2.24, 2.45) is 5.92 Å². The van der Waals surface area contributed by atoms with Crippen LogP contribution in [0.3, 0.4) is 0 Å². The zero-order chi connectivity index (χ0) is 13.1.